The maximum atomic E-state index is 12.0. The third-order valence-corrected chi connectivity index (χ3v) is 7.43. The predicted octanol–water partition coefficient (Wildman–Crippen LogP) is 6.94. The van der Waals surface area contributed by atoms with E-state index in [2.05, 4.69) is 25.8 Å². The first-order valence-electron chi connectivity index (χ1n) is 13.2. The summed E-state index contributed by atoms with van der Waals surface area (Å²) in [5.74, 6) is 1.15. The summed E-state index contributed by atoms with van der Waals surface area (Å²) in [4.78, 5) is 18.8. The molecule has 1 N–H and O–H groups in total. The van der Waals surface area contributed by atoms with Crippen molar-refractivity contribution in [1.82, 2.24) is 14.9 Å². The van der Waals surface area contributed by atoms with Crippen LogP contribution in [0.5, 0.6) is 11.5 Å². The summed E-state index contributed by atoms with van der Waals surface area (Å²) < 4.78 is 13.0. The molecule has 2 atom stereocenters. The first kappa shape index (κ1) is 26.3. The Balaban J connectivity index is 1.37. The first-order chi connectivity index (χ1) is 20.0. The van der Waals surface area contributed by atoms with E-state index in [4.69, 9.17) is 21.7 Å². The Bertz CT molecular complexity index is 1670. The number of aryl methyl sites for hydroxylation is 1. The SMILES string of the molecule is COC(=O)c1ccc(-n2cccc2[C@H]2[C@@H](c3ccccn3)NC(=S)N2c2ccc(Oc3ccc(C)cc3)cc2)cc1. The molecule has 0 unspecified atom stereocenters. The van der Waals surface area contributed by atoms with Crippen LogP contribution in [0.1, 0.15) is 39.4 Å². The number of thiocarbonyl (C=S) groups is 1. The zero-order chi connectivity index (χ0) is 28.3. The van der Waals surface area contributed by atoms with E-state index < -0.39 is 0 Å². The number of rotatable bonds is 7. The van der Waals surface area contributed by atoms with Crippen LogP contribution >= 0.6 is 12.2 Å². The second-order valence-corrected chi connectivity index (χ2v) is 10.1. The quantitative estimate of drug-likeness (QED) is 0.171. The number of nitrogens with zero attached hydrogens (tertiary/aromatic N) is 3. The number of anilines is 1. The fourth-order valence-electron chi connectivity index (χ4n) is 5.10. The minimum atomic E-state index is -0.370. The minimum Gasteiger partial charge on any atom is -0.465 e. The standard InChI is InChI=1S/C33H28N4O3S/c1-22-8-16-26(17-9-22)40-27-18-14-25(15-19-27)37-31(30(35-33(37)41)28-6-3-4-20-34-28)29-7-5-21-36(29)24-12-10-23(11-13-24)32(38)39-2/h3-21,30-31H,1-2H3,(H,35,41)/t30-,31+/m1/s1. The highest BCUT2D eigenvalue weighted by atomic mass is 32.1. The third-order valence-electron chi connectivity index (χ3n) is 7.12. The number of aromatic nitrogens is 2. The Hall–Kier alpha value is -4.95. The monoisotopic (exact) mass is 560 g/mol. The number of ether oxygens (including phenoxy) is 2. The van der Waals surface area contributed by atoms with E-state index in [0.29, 0.717) is 10.7 Å². The van der Waals surface area contributed by atoms with Crippen LogP contribution in [0, 0.1) is 6.92 Å². The zero-order valence-corrected chi connectivity index (χ0v) is 23.4. The van der Waals surface area contributed by atoms with Crippen LogP contribution in [0.2, 0.25) is 0 Å². The molecule has 1 saturated heterocycles. The van der Waals surface area contributed by atoms with Crippen molar-refractivity contribution in [2.24, 2.45) is 0 Å². The van der Waals surface area contributed by atoms with Gasteiger partial charge in [0.2, 0.25) is 0 Å². The smallest absolute Gasteiger partial charge is 0.337 e. The van der Waals surface area contributed by atoms with Crippen molar-refractivity contribution in [3.63, 3.8) is 0 Å². The molecule has 0 radical (unpaired) electrons. The molecular formula is C33H28N4O3S. The van der Waals surface area contributed by atoms with Gasteiger partial charge in [-0.1, -0.05) is 23.8 Å². The van der Waals surface area contributed by atoms with Gasteiger partial charge in [0.15, 0.2) is 5.11 Å². The summed E-state index contributed by atoms with van der Waals surface area (Å²) in [7, 11) is 1.38. The Labute approximate surface area is 244 Å². The van der Waals surface area contributed by atoms with E-state index in [1.807, 2.05) is 98.0 Å². The Morgan fingerprint density at radius 1 is 0.854 bits per heavy atom. The number of hydrogen-bond acceptors (Lipinski definition) is 5. The lowest BCUT2D eigenvalue weighted by molar-refractivity contribution is 0.0600. The number of hydrogen-bond donors (Lipinski definition) is 1. The van der Waals surface area contributed by atoms with Crippen LogP contribution in [0.4, 0.5) is 5.69 Å². The number of methoxy groups -OCH3 is 1. The molecule has 0 spiro atoms. The Morgan fingerprint density at radius 3 is 2.20 bits per heavy atom. The number of nitrogens with one attached hydrogen (secondary N) is 1. The van der Waals surface area contributed by atoms with Crippen molar-refractivity contribution < 1.29 is 14.3 Å². The van der Waals surface area contributed by atoms with Crippen molar-refractivity contribution in [2.75, 3.05) is 12.0 Å². The maximum Gasteiger partial charge on any atom is 0.337 e. The number of benzene rings is 3. The van der Waals surface area contributed by atoms with Gasteiger partial charge >= 0.3 is 5.97 Å². The molecule has 1 aliphatic rings. The van der Waals surface area contributed by atoms with Crippen LogP contribution in [0.3, 0.4) is 0 Å². The molecule has 41 heavy (non-hydrogen) atoms. The fourth-order valence-corrected chi connectivity index (χ4v) is 5.44. The summed E-state index contributed by atoms with van der Waals surface area (Å²) >= 11 is 5.91. The number of esters is 1. The molecule has 6 rings (SSSR count). The molecule has 3 aromatic carbocycles. The lowest BCUT2D eigenvalue weighted by Gasteiger charge is -2.29. The lowest BCUT2D eigenvalue weighted by Crippen LogP contribution is -2.30. The zero-order valence-electron chi connectivity index (χ0n) is 22.6. The molecule has 2 aromatic heterocycles. The van der Waals surface area contributed by atoms with E-state index in [-0.39, 0.29) is 18.1 Å². The molecule has 0 aliphatic carbocycles. The van der Waals surface area contributed by atoms with Crippen LogP contribution in [0.25, 0.3) is 5.69 Å². The molecule has 1 aliphatic heterocycles. The van der Waals surface area contributed by atoms with Gasteiger partial charge in [-0.2, -0.15) is 0 Å². The van der Waals surface area contributed by atoms with Gasteiger partial charge in [0, 0.05) is 29.5 Å². The van der Waals surface area contributed by atoms with Gasteiger partial charge in [0.05, 0.1) is 24.4 Å². The largest absolute Gasteiger partial charge is 0.465 e. The van der Waals surface area contributed by atoms with Crippen molar-refractivity contribution in [2.45, 2.75) is 19.0 Å². The van der Waals surface area contributed by atoms with Gasteiger partial charge in [-0.05, 0) is 104 Å². The van der Waals surface area contributed by atoms with E-state index in [0.717, 1.165) is 34.3 Å². The van der Waals surface area contributed by atoms with E-state index in [1.54, 1.807) is 18.3 Å². The summed E-state index contributed by atoms with van der Waals surface area (Å²) in [6.45, 7) is 2.05. The molecule has 0 saturated carbocycles. The minimum absolute atomic E-state index is 0.199. The van der Waals surface area contributed by atoms with Crippen molar-refractivity contribution in [3.8, 4) is 17.2 Å². The van der Waals surface area contributed by atoms with Crippen molar-refractivity contribution in [3.05, 3.63) is 138 Å². The van der Waals surface area contributed by atoms with Gasteiger partial charge in [-0.25, -0.2) is 4.79 Å². The van der Waals surface area contributed by atoms with E-state index >= 15 is 0 Å². The van der Waals surface area contributed by atoms with Crippen LogP contribution in [0.15, 0.2) is 116 Å². The van der Waals surface area contributed by atoms with Crippen LogP contribution in [-0.2, 0) is 4.74 Å². The highest BCUT2D eigenvalue weighted by Gasteiger charge is 2.42. The van der Waals surface area contributed by atoms with E-state index in [1.165, 1.54) is 12.7 Å². The number of pyridine rings is 1. The highest BCUT2D eigenvalue weighted by molar-refractivity contribution is 7.80. The highest BCUT2D eigenvalue weighted by Crippen LogP contribution is 2.42. The summed E-state index contributed by atoms with van der Waals surface area (Å²) in [5.41, 5.74) is 5.41. The van der Waals surface area contributed by atoms with Crippen LogP contribution < -0.4 is 15.0 Å². The van der Waals surface area contributed by atoms with Gasteiger partial charge in [-0.15, -0.1) is 0 Å². The average molecular weight is 561 g/mol. The molecule has 8 heteroatoms. The van der Waals surface area contributed by atoms with Crippen LogP contribution in [-0.4, -0.2) is 27.7 Å². The second kappa shape index (κ2) is 11.3. The Morgan fingerprint density at radius 2 is 1.54 bits per heavy atom. The summed E-state index contributed by atoms with van der Waals surface area (Å²) in [6, 6.07) is 32.9. The second-order valence-electron chi connectivity index (χ2n) is 9.75. The van der Waals surface area contributed by atoms with Crippen molar-refractivity contribution >= 4 is 29.0 Å². The third kappa shape index (κ3) is 5.29. The fraction of sp³-hybridized carbons (Fsp3) is 0.121. The van der Waals surface area contributed by atoms with E-state index in [9.17, 15) is 4.79 Å². The van der Waals surface area contributed by atoms with Gasteiger partial charge in [0.25, 0.3) is 0 Å². The molecule has 204 valence electrons. The molecule has 0 bridgehead atoms. The Kier molecular flexibility index (Phi) is 7.22. The molecular weight excluding hydrogens is 532 g/mol. The molecule has 3 heterocycles. The normalized spacial score (nSPS) is 16.3. The molecule has 1 fully saturated rings. The summed E-state index contributed by atoms with van der Waals surface area (Å²) in [6.07, 6.45) is 3.80. The average Bonchev–Trinajstić information content (AvgIpc) is 3.63. The predicted molar refractivity (Wildman–Crippen MR) is 163 cm³/mol. The molecule has 5 aromatic rings. The van der Waals surface area contributed by atoms with Gasteiger partial charge in [0.1, 0.15) is 17.5 Å². The van der Waals surface area contributed by atoms with Crippen molar-refractivity contribution in [1.29, 1.82) is 0 Å². The number of carbonyl (C=O) groups is 1. The van der Waals surface area contributed by atoms with Gasteiger partial charge < -0.3 is 24.3 Å². The summed E-state index contributed by atoms with van der Waals surface area (Å²) in [5, 5.41) is 4.12. The first-order valence-corrected chi connectivity index (χ1v) is 13.6. The topological polar surface area (TPSA) is 68.6 Å². The molecule has 7 nitrogen and oxygen atoms in total. The van der Waals surface area contributed by atoms with Gasteiger partial charge in [-0.3, -0.25) is 4.98 Å². The molecule has 0 amide bonds. The maximum absolute atomic E-state index is 12.0. The number of carbonyl (C=O) groups excluding carboxylic acids is 1. The lowest BCUT2D eigenvalue weighted by atomic mass is 10.0.